The number of piperidine rings is 2. The zero-order valence-corrected chi connectivity index (χ0v) is 14.9. The third-order valence-corrected chi connectivity index (χ3v) is 5.86. The largest absolute Gasteiger partial charge is 0.311 e. The lowest BCUT2D eigenvalue weighted by Crippen LogP contribution is -2.50. The molecule has 1 N–H and O–H groups in total. The second-order valence-corrected chi connectivity index (χ2v) is 7.66. The molecule has 4 rings (SSSR count). The summed E-state index contributed by atoms with van der Waals surface area (Å²) < 4.78 is 0. The van der Waals surface area contributed by atoms with E-state index in [0.29, 0.717) is 29.9 Å². The summed E-state index contributed by atoms with van der Waals surface area (Å²) in [6.45, 7) is 0. The maximum atomic E-state index is 12.8. The van der Waals surface area contributed by atoms with Crippen LogP contribution in [0.15, 0.2) is 48.5 Å². The third-order valence-electron chi connectivity index (χ3n) is 5.86. The van der Waals surface area contributed by atoms with Gasteiger partial charge in [0.2, 0.25) is 0 Å². The lowest BCUT2D eigenvalue weighted by molar-refractivity contribution is -0.124. The van der Waals surface area contributed by atoms with Gasteiger partial charge in [-0.1, -0.05) is 48.9 Å². The first kappa shape index (κ1) is 17.0. The van der Waals surface area contributed by atoms with Crippen LogP contribution in [0.2, 0.25) is 0 Å². The molecular formula is C23H24N2O. The van der Waals surface area contributed by atoms with Crippen LogP contribution in [-0.2, 0) is 11.2 Å². The van der Waals surface area contributed by atoms with E-state index in [1.54, 1.807) is 0 Å². The van der Waals surface area contributed by atoms with Crippen molar-refractivity contribution >= 4 is 5.78 Å². The van der Waals surface area contributed by atoms with Gasteiger partial charge in [-0.25, -0.2) is 0 Å². The fourth-order valence-electron chi connectivity index (χ4n) is 4.51. The zero-order chi connectivity index (χ0) is 17.9. The minimum Gasteiger partial charge on any atom is -0.311 e. The number of benzene rings is 2. The number of nitrogens with zero attached hydrogens (tertiary/aromatic N) is 1. The molecule has 0 amide bonds. The Labute approximate surface area is 155 Å². The minimum absolute atomic E-state index is 0.213. The number of ketones is 1. The molecule has 2 aliphatic heterocycles. The summed E-state index contributed by atoms with van der Waals surface area (Å²) in [7, 11) is 0. The van der Waals surface area contributed by atoms with Gasteiger partial charge in [-0.05, 0) is 48.4 Å². The SMILES string of the molecule is N#Cc1ccccc1-c1ccc(CC(=O)C2CC3CCCC(C2)N3)cc1. The van der Waals surface area contributed by atoms with Gasteiger partial charge in [0.05, 0.1) is 11.6 Å². The van der Waals surface area contributed by atoms with Gasteiger partial charge in [0, 0.05) is 24.4 Å². The molecule has 0 aliphatic carbocycles. The first-order valence-electron chi connectivity index (χ1n) is 9.60. The smallest absolute Gasteiger partial charge is 0.140 e. The number of Topliss-reactive ketones (excluding diaryl/α,β-unsaturated/α-hetero) is 1. The zero-order valence-electron chi connectivity index (χ0n) is 14.9. The number of carbonyl (C=O) groups excluding carboxylic acids is 1. The van der Waals surface area contributed by atoms with E-state index in [1.165, 1.54) is 19.3 Å². The van der Waals surface area contributed by atoms with Crippen molar-refractivity contribution in [2.75, 3.05) is 0 Å². The van der Waals surface area contributed by atoms with Crippen molar-refractivity contribution < 1.29 is 4.79 Å². The van der Waals surface area contributed by atoms with Gasteiger partial charge in [0.25, 0.3) is 0 Å². The second-order valence-electron chi connectivity index (χ2n) is 7.66. The standard InChI is InChI=1S/C23H24N2O/c24-15-18-4-1-2-7-22(18)17-10-8-16(9-11-17)12-23(26)19-13-20-5-3-6-21(14-19)25-20/h1-2,4,7-11,19-21,25H,3,5-6,12-14H2. The number of nitriles is 1. The Morgan fingerprint density at radius 1 is 1.04 bits per heavy atom. The average Bonchev–Trinajstić information content (AvgIpc) is 2.68. The van der Waals surface area contributed by atoms with Crippen LogP contribution in [0.5, 0.6) is 0 Å². The van der Waals surface area contributed by atoms with E-state index in [-0.39, 0.29) is 5.92 Å². The molecule has 0 radical (unpaired) electrons. The normalized spacial score (nSPS) is 24.7. The summed E-state index contributed by atoms with van der Waals surface area (Å²) in [6.07, 6.45) is 6.26. The molecule has 2 heterocycles. The summed E-state index contributed by atoms with van der Waals surface area (Å²) in [6, 6.07) is 19.1. The molecule has 0 saturated carbocycles. The maximum Gasteiger partial charge on any atom is 0.140 e. The van der Waals surface area contributed by atoms with Crippen LogP contribution in [0.1, 0.15) is 43.2 Å². The van der Waals surface area contributed by atoms with E-state index in [9.17, 15) is 10.1 Å². The van der Waals surface area contributed by atoms with Gasteiger partial charge >= 0.3 is 0 Å². The van der Waals surface area contributed by atoms with Crippen LogP contribution in [0.4, 0.5) is 0 Å². The van der Waals surface area contributed by atoms with Crippen molar-refractivity contribution in [3.8, 4) is 17.2 Å². The lowest BCUT2D eigenvalue weighted by Gasteiger charge is -2.39. The summed E-state index contributed by atoms with van der Waals surface area (Å²) in [5.41, 5.74) is 3.71. The average molecular weight is 344 g/mol. The van der Waals surface area contributed by atoms with Crippen molar-refractivity contribution in [1.82, 2.24) is 5.32 Å². The molecule has 2 saturated heterocycles. The Balaban J connectivity index is 1.44. The molecular weight excluding hydrogens is 320 g/mol. The highest BCUT2D eigenvalue weighted by atomic mass is 16.1. The number of carbonyl (C=O) groups is 1. The Kier molecular flexibility index (Phi) is 4.86. The molecule has 0 spiro atoms. The first-order valence-corrected chi connectivity index (χ1v) is 9.60. The van der Waals surface area contributed by atoms with Crippen molar-refractivity contribution in [2.24, 2.45) is 5.92 Å². The molecule has 2 bridgehead atoms. The van der Waals surface area contributed by atoms with Gasteiger partial charge in [-0.15, -0.1) is 0 Å². The lowest BCUT2D eigenvalue weighted by atomic mass is 9.77. The Morgan fingerprint density at radius 3 is 2.42 bits per heavy atom. The van der Waals surface area contributed by atoms with Crippen LogP contribution < -0.4 is 5.32 Å². The molecule has 2 aromatic rings. The summed E-state index contributed by atoms with van der Waals surface area (Å²) in [5, 5.41) is 12.9. The maximum absolute atomic E-state index is 12.8. The number of hydrogen-bond donors (Lipinski definition) is 1. The molecule has 132 valence electrons. The number of rotatable bonds is 4. The molecule has 2 aliphatic rings. The second kappa shape index (κ2) is 7.43. The minimum atomic E-state index is 0.213. The topological polar surface area (TPSA) is 52.9 Å². The molecule has 2 atom stereocenters. The van der Waals surface area contributed by atoms with E-state index >= 15 is 0 Å². The Bertz CT molecular complexity index is 822. The highest BCUT2D eigenvalue weighted by Gasteiger charge is 2.34. The Hall–Kier alpha value is -2.44. The molecule has 3 nitrogen and oxygen atoms in total. The van der Waals surface area contributed by atoms with Crippen molar-refractivity contribution in [1.29, 1.82) is 5.26 Å². The third kappa shape index (κ3) is 3.57. The van der Waals surface area contributed by atoms with Crippen LogP contribution in [0.25, 0.3) is 11.1 Å². The van der Waals surface area contributed by atoms with Crippen molar-refractivity contribution in [2.45, 2.75) is 50.6 Å². The quantitative estimate of drug-likeness (QED) is 0.902. The van der Waals surface area contributed by atoms with Gasteiger partial charge in [-0.3, -0.25) is 4.79 Å². The van der Waals surface area contributed by atoms with Crippen LogP contribution in [0, 0.1) is 17.2 Å². The highest BCUT2D eigenvalue weighted by Crippen LogP contribution is 2.31. The van der Waals surface area contributed by atoms with Crippen LogP contribution in [-0.4, -0.2) is 17.9 Å². The van der Waals surface area contributed by atoms with Gasteiger partial charge < -0.3 is 5.32 Å². The molecule has 26 heavy (non-hydrogen) atoms. The summed E-state index contributed by atoms with van der Waals surface area (Å²) in [4.78, 5) is 12.8. The van der Waals surface area contributed by atoms with Crippen molar-refractivity contribution in [3.05, 3.63) is 59.7 Å². The van der Waals surface area contributed by atoms with Crippen molar-refractivity contribution in [3.63, 3.8) is 0 Å². The fourth-order valence-corrected chi connectivity index (χ4v) is 4.51. The van der Waals surface area contributed by atoms with Crippen LogP contribution in [0.3, 0.4) is 0 Å². The first-order chi connectivity index (χ1) is 12.7. The van der Waals surface area contributed by atoms with Crippen LogP contribution >= 0.6 is 0 Å². The van der Waals surface area contributed by atoms with E-state index in [4.69, 9.17) is 0 Å². The van der Waals surface area contributed by atoms with Gasteiger partial charge in [0.1, 0.15) is 5.78 Å². The predicted molar refractivity (Wildman–Crippen MR) is 103 cm³/mol. The Morgan fingerprint density at radius 2 is 1.73 bits per heavy atom. The van der Waals surface area contributed by atoms with E-state index in [2.05, 4.69) is 11.4 Å². The summed E-state index contributed by atoms with van der Waals surface area (Å²) in [5.74, 6) is 0.596. The van der Waals surface area contributed by atoms with E-state index in [1.807, 2.05) is 48.5 Å². The molecule has 2 unspecified atom stereocenters. The van der Waals surface area contributed by atoms with E-state index < -0.39 is 0 Å². The summed E-state index contributed by atoms with van der Waals surface area (Å²) >= 11 is 0. The monoisotopic (exact) mass is 344 g/mol. The number of fused-ring (bicyclic) bond motifs is 2. The van der Waals surface area contributed by atoms with Gasteiger partial charge in [-0.2, -0.15) is 5.26 Å². The highest BCUT2D eigenvalue weighted by molar-refractivity contribution is 5.83. The predicted octanol–water partition coefficient (Wildman–Crippen LogP) is 4.26. The number of nitrogens with one attached hydrogen (secondary N) is 1. The number of hydrogen-bond acceptors (Lipinski definition) is 3. The molecule has 2 fully saturated rings. The van der Waals surface area contributed by atoms with Gasteiger partial charge in [0.15, 0.2) is 0 Å². The van der Waals surface area contributed by atoms with E-state index in [0.717, 1.165) is 29.5 Å². The fraction of sp³-hybridized carbons (Fsp3) is 0.391. The molecule has 0 aromatic heterocycles. The molecule has 2 aromatic carbocycles. The molecule has 3 heteroatoms.